The number of anilines is 2. The van der Waals surface area contributed by atoms with E-state index in [9.17, 15) is 4.79 Å². The summed E-state index contributed by atoms with van der Waals surface area (Å²) >= 11 is 0. The molecule has 0 unspecified atom stereocenters. The fourth-order valence-electron chi connectivity index (χ4n) is 6.20. The van der Waals surface area contributed by atoms with Crippen LogP contribution in [0.3, 0.4) is 0 Å². The van der Waals surface area contributed by atoms with E-state index >= 15 is 0 Å². The van der Waals surface area contributed by atoms with Crippen molar-refractivity contribution in [1.82, 2.24) is 9.88 Å². The fraction of sp³-hybridized carbons (Fsp3) is 0.615. The van der Waals surface area contributed by atoms with Crippen molar-refractivity contribution in [2.24, 2.45) is 17.8 Å². The highest BCUT2D eigenvalue weighted by molar-refractivity contribution is 5.96. The molecule has 1 aliphatic carbocycles. The third kappa shape index (κ3) is 3.90. The second-order valence-corrected chi connectivity index (χ2v) is 10.5. The van der Waals surface area contributed by atoms with E-state index in [1.165, 1.54) is 11.3 Å². The largest absolute Gasteiger partial charge is 0.381 e. The molecule has 0 spiro atoms. The van der Waals surface area contributed by atoms with Crippen LogP contribution >= 0.6 is 0 Å². The topological polar surface area (TPSA) is 66.9 Å². The predicted molar refractivity (Wildman–Crippen MR) is 129 cm³/mol. The molecule has 3 saturated heterocycles. The van der Waals surface area contributed by atoms with Gasteiger partial charge in [-0.25, -0.2) is 4.98 Å². The lowest BCUT2D eigenvalue weighted by atomic mass is 9.97. The molecule has 33 heavy (non-hydrogen) atoms. The summed E-state index contributed by atoms with van der Waals surface area (Å²) in [5.74, 6) is 1.71. The fourth-order valence-corrected chi connectivity index (χ4v) is 6.20. The van der Waals surface area contributed by atoms with Gasteiger partial charge in [0.05, 0.1) is 13.2 Å². The standard InChI is InChI=1S/C26H34N4O3/c1-17-11-19-14-27-23(28-25(31)24-20-3-9-32-15-21(20)24)13-18(19)12-22(17)29-5-7-30(8-6-29)26(2)4-10-33-16-26/h11-14,20-21,24H,3-10,15-16H2,1-2H3,(H,27,28,31)/t20-,21-,24-,26+/m1/s1. The summed E-state index contributed by atoms with van der Waals surface area (Å²) in [6.07, 6.45) is 4.00. The number of aromatic nitrogens is 1. The van der Waals surface area contributed by atoms with Crippen molar-refractivity contribution in [2.45, 2.75) is 32.2 Å². The molecule has 176 valence electrons. The van der Waals surface area contributed by atoms with Gasteiger partial charge in [-0.05, 0) is 67.7 Å². The minimum absolute atomic E-state index is 0.0852. The normalized spacial score (nSPS) is 32.1. The van der Waals surface area contributed by atoms with E-state index in [2.05, 4.69) is 46.1 Å². The molecule has 1 amide bonds. The molecule has 2 aromatic rings. The molecule has 1 saturated carbocycles. The van der Waals surface area contributed by atoms with Crippen LogP contribution in [0.4, 0.5) is 11.5 Å². The Labute approximate surface area is 195 Å². The number of hydrogen-bond donors (Lipinski definition) is 1. The molecule has 1 N–H and O–H groups in total. The summed E-state index contributed by atoms with van der Waals surface area (Å²) in [5, 5.41) is 5.30. The minimum Gasteiger partial charge on any atom is -0.381 e. The number of nitrogens with zero attached hydrogens (tertiary/aromatic N) is 3. The Morgan fingerprint density at radius 3 is 2.67 bits per heavy atom. The Balaban J connectivity index is 1.17. The summed E-state index contributed by atoms with van der Waals surface area (Å²) in [4.78, 5) is 22.4. The molecule has 7 heteroatoms. The predicted octanol–water partition coefficient (Wildman–Crippen LogP) is 3.07. The number of amides is 1. The Morgan fingerprint density at radius 2 is 1.94 bits per heavy atom. The number of rotatable bonds is 4. The highest BCUT2D eigenvalue weighted by atomic mass is 16.5. The molecule has 0 bridgehead atoms. The first kappa shape index (κ1) is 21.3. The van der Waals surface area contributed by atoms with Crippen molar-refractivity contribution in [2.75, 3.05) is 62.8 Å². The highest BCUT2D eigenvalue weighted by Crippen LogP contribution is 2.51. The van der Waals surface area contributed by atoms with Crippen molar-refractivity contribution in [3.63, 3.8) is 0 Å². The summed E-state index contributed by atoms with van der Waals surface area (Å²) in [6.45, 7) is 11.9. The maximum Gasteiger partial charge on any atom is 0.229 e. The number of pyridine rings is 1. The molecule has 0 radical (unpaired) electrons. The molecule has 3 aliphatic heterocycles. The van der Waals surface area contributed by atoms with E-state index in [4.69, 9.17) is 9.47 Å². The molecule has 4 aliphatic rings. The van der Waals surface area contributed by atoms with Gasteiger partial charge in [0.1, 0.15) is 5.82 Å². The van der Waals surface area contributed by atoms with Gasteiger partial charge in [0.25, 0.3) is 0 Å². The molecular weight excluding hydrogens is 416 g/mol. The van der Waals surface area contributed by atoms with Gasteiger partial charge in [-0.3, -0.25) is 9.69 Å². The van der Waals surface area contributed by atoms with Gasteiger partial charge in [-0.15, -0.1) is 0 Å². The number of aryl methyl sites for hydroxylation is 1. The lowest BCUT2D eigenvalue weighted by molar-refractivity contribution is -0.117. The molecule has 4 heterocycles. The van der Waals surface area contributed by atoms with Crippen LogP contribution in [-0.2, 0) is 14.3 Å². The van der Waals surface area contributed by atoms with Crippen LogP contribution in [0.25, 0.3) is 10.8 Å². The number of carbonyl (C=O) groups is 1. The average molecular weight is 451 g/mol. The number of benzene rings is 1. The number of piperazine rings is 1. The van der Waals surface area contributed by atoms with E-state index in [1.54, 1.807) is 0 Å². The number of nitrogens with one attached hydrogen (secondary N) is 1. The number of fused-ring (bicyclic) bond motifs is 2. The van der Waals surface area contributed by atoms with Gasteiger partial charge >= 0.3 is 0 Å². The Hall–Kier alpha value is -2.22. The second kappa shape index (κ2) is 8.22. The molecule has 7 nitrogen and oxygen atoms in total. The first-order chi connectivity index (χ1) is 16.0. The smallest absolute Gasteiger partial charge is 0.229 e. The summed E-state index contributed by atoms with van der Waals surface area (Å²) in [5.41, 5.74) is 2.74. The van der Waals surface area contributed by atoms with Crippen molar-refractivity contribution < 1.29 is 14.3 Å². The first-order valence-corrected chi connectivity index (χ1v) is 12.4. The summed E-state index contributed by atoms with van der Waals surface area (Å²) in [6, 6.07) is 6.50. The van der Waals surface area contributed by atoms with Gasteiger partial charge in [0, 0.05) is 68.1 Å². The maximum absolute atomic E-state index is 12.8. The van der Waals surface area contributed by atoms with Gasteiger partial charge < -0.3 is 19.7 Å². The molecule has 1 aromatic carbocycles. The van der Waals surface area contributed by atoms with E-state index in [1.807, 2.05) is 12.3 Å². The van der Waals surface area contributed by atoms with Gasteiger partial charge in [0.2, 0.25) is 5.91 Å². The SMILES string of the molecule is Cc1cc2cnc(NC(=O)[C@@H]3[C@@H]4CCOC[C@H]43)cc2cc1N1CCN([C@@]2(C)CCOC2)CC1. The van der Waals surface area contributed by atoms with E-state index in [0.29, 0.717) is 17.7 Å². The number of carbonyl (C=O) groups excluding carboxylic acids is 1. The Kier molecular flexibility index (Phi) is 5.31. The summed E-state index contributed by atoms with van der Waals surface area (Å²) in [7, 11) is 0. The first-order valence-electron chi connectivity index (χ1n) is 12.4. The van der Waals surface area contributed by atoms with E-state index in [-0.39, 0.29) is 17.4 Å². The number of hydrogen-bond acceptors (Lipinski definition) is 6. The van der Waals surface area contributed by atoms with Gasteiger partial charge in [-0.2, -0.15) is 0 Å². The molecular formula is C26H34N4O3. The van der Waals surface area contributed by atoms with Gasteiger partial charge in [0.15, 0.2) is 0 Å². The second-order valence-electron chi connectivity index (χ2n) is 10.5. The molecule has 4 atom stereocenters. The zero-order chi connectivity index (χ0) is 22.6. The average Bonchev–Trinajstić information content (AvgIpc) is 3.40. The third-order valence-electron chi connectivity index (χ3n) is 8.41. The third-order valence-corrected chi connectivity index (χ3v) is 8.41. The summed E-state index contributed by atoms with van der Waals surface area (Å²) < 4.78 is 11.2. The van der Waals surface area contributed by atoms with Crippen LogP contribution in [0.5, 0.6) is 0 Å². The molecule has 6 rings (SSSR count). The van der Waals surface area contributed by atoms with Crippen LogP contribution in [0.2, 0.25) is 0 Å². The monoisotopic (exact) mass is 450 g/mol. The minimum atomic E-state index is 0.0852. The Bertz CT molecular complexity index is 1050. The van der Waals surface area contributed by atoms with Crippen LogP contribution in [0, 0.1) is 24.7 Å². The van der Waals surface area contributed by atoms with Crippen molar-refractivity contribution >= 4 is 28.2 Å². The lowest BCUT2D eigenvalue weighted by Gasteiger charge is -2.44. The van der Waals surface area contributed by atoms with Crippen molar-refractivity contribution in [3.8, 4) is 0 Å². The molecule has 4 fully saturated rings. The quantitative estimate of drug-likeness (QED) is 0.772. The lowest BCUT2D eigenvalue weighted by Crippen LogP contribution is -2.56. The zero-order valence-electron chi connectivity index (χ0n) is 19.7. The van der Waals surface area contributed by atoms with E-state index < -0.39 is 0 Å². The van der Waals surface area contributed by atoms with Crippen LogP contribution < -0.4 is 10.2 Å². The maximum atomic E-state index is 12.8. The van der Waals surface area contributed by atoms with Crippen molar-refractivity contribution in [3.05, 3.63) is 30.0 Å². The molecule has 1 aromatic heterocycles. The number of ether oxygens (including phenoxy) is 2. The highest BCUT2D eigenvalue weighted by Gasteiger charge is 2.55. The van der Waals surface area contributed by atoms with E-state index in [0.717, 1.165) is 76.2 Å². The van der Waals surface area contributed by atoms with Crippen LogP contribution in [0.1, 0.15) is 25.3 Å². The van der Waals surface area contributed by atoms with Crippen LogP contribution in [-0.4, -0.2) is 73.9 Å². The van der Waals surface area contributed by atoms with Crippen molar-refractivity contribution in [1.29, 1.82) is 0 Å². The van der Waals surface area contributed by atoms with Gasteiger partial charge in [-0.1, -0.05) is 0 Å². The zero-order valence-corrected chi connectivity index (χ0v) is 19.7. The Morgan fingerprint density at radius 1 is 1.09 bits per heavy atom. The van der Waals surface area contributed by atoms with Crippen LogP contribution in [0.15, 0.2) is 24.4 Å².